The van der Waals surface area contributed by atoms with Crippen LogP contribution in [0.4, 0.5) is 0 Å². The average molecular weight is 337 g/mol. The van der Waals surface area contributed by atoms with Gasteiger partial charge < -0.3 is 20.1 Å². The molecule has 2 N–H and O–H groups in total. The van der Waals surface area contributed by atoms with Gasteiger partial charge in [0.15, 0.2) is 5.96 Å². The van der Waals surface area contributed by atoms with Gasteiger partial charge in [0.2, 0.25) is 0 Å². The lowest BCUT2D eigenvalue weighted by atomic mass is 10.1. The van der Waals surface area contributed by atoms with Crippen molar-refractivity contribution in [1.29, 1.82) is 0 Å². The third-order valence-electron chi connectivity index (χ3n) is 4.45. The van der Waals surface area contributed by atoms with E-state index in [9.17, 15) is 0 Å². The molecule has 2 heterocycles. The molecule has 1 saturated heterocycles. The van der Waals surface area contributed by atoms with Crippen molar-refractivity contribution < 1.29 is 9.47 Å². The molecule has 0 aliphatic carbocycles. The summed E-state index contributed by atoms with van der Waals surface area (Å²) in [6.07, 6.45) is 2.08. The molecule has 1 aromatic heterocycles. The van der Waals surface area contributed by atoms with Crippen molar-refractivity contribution in [3.63, 3.8) is 0 Å². The first-order valence-corrected chi connectivity index (χ1v) is 8.71. The fourth-order valence-electron chi connectivity index (χ4n) is 2.81. The van der Waals surface area contributed by atoms with Crippen molar-refractivity contribution in [2.24, 2.45) is 18.0 Å². The van der Waals surface area contributed by atoms with Crippen LogP contribution >= 0.6 is 0 Å². The quantitative estimate of drug-likeness (QED) is 0.423. The lowest BCUT2D eigenvalue weighted by molar-refractivity contribution is 0.0888. The molecular weight excluding hydrogens is 306 g/mol. The maximum absolute atomic E-state index is 5.71. The van der Waals surface area contributed by atoms with Crippen molar-refractivity contribution in [1.82, 2.24) is 20.4 Å². The number of rotatable bonds is 8. The first-order chi connectivity index (χ1) is 11.6. The smallest absolute Gasteiger partial charge is 0.191 e. The van der Waals surface area contributed by atoms with Crippen LogP contribution in [0.1, 0.15) is 29.8 Å². The van der Waals surface area contributed by atoms with Crippen molar-refractivity contribution in [2.45, 2.75) is 33.2 Å². The molecular formula is C17H31N5O2. The molecule has 1 aliphatic rings. The summed E-state index contributed by atoms with van der Waals surface area (Å²) in [7, 11) is 3.76. The summed E-state index contributed by atoms with van der Waals surface area (Å²) in [5, 5.41) is 11.1. The molecule has 136 valence electrons. The molecule has 1 fully saturated rings. The Morgan fingerprint density at radius 2 is 2.25 bits per heavy atom. The molecule has 0 saturated carbocycles. The molecule has 1 aromatic rings. The topological polar surface area (TPSA) is 72.7 Å². The number of aliphatic imine (C=N–C) groups is 1. The second-order valence-electron chi connectivity index (χ2n) is 6.28. The zero-order valence-electron chi connectivity index (χ0n) is 15.4. The van der Waals surface area contributed by atoms with E-state index in [4.69, 9.17) is 9.47 Å². The van der Waals surface area contributed by atoms with E-state index in [-0.39, 0.29) is 0 Å². The predicted octanol–water partition coefficient (Wildman–Crippen LogP) is 1.15. The third kappa shape index (κ3) is 5.49. The van der Waals surface area contributed by atoms with E-state index in [1.807, 2.05) is 18.7 Å². The van der Waals surface area contributed by atoms with Gasteiger partial charge in [-0.15, -0.1) is 0 Å². The van der Waals surface area contributed by atoms with Gasteiger partial charge in [0, 0.05) is 57.6 Å². The molecule has 0 bridgehead atoms. The molecule has 1 aliphatic heterocycles. The van der Waals surface area contributed by atoms with E-state index >= 15 is 0 Å². The Morgan fingerprint density at radius 1 is 1.42 bits per heavy atom. The summed E-state index contributed by atoms with van der Waals surface area (Å²) in [6, 6.07) is 0. The van der Waals surface area contributed by atoms with Gasteiger partial charge in [-0.05, 0) is 26.7 Å². The average Bonchev–Trinajstić information content (AvgIpc) is 3.16. The summed E-state index contributed by atoms with van der Waals surface area (Å²) in [4.78, 5) is 4.26. The van der Waals surface area contributed by atoms with Crippen LogP contribution < -0.4 is 10.6 Å². The number of hydrogen-bond donors (Lipinski definition) is 2. The molecule has 24 heavy (non-hydrogen) atoms. The first kappa shape index (κ1) is 18.7. The number of ether oxygens (including phenoxy) is 2. The maximum Gasteiger partial charge on any atom is 0.191 e. The fraction of sp³-hybridized carbons (Fsp3) is 0.765. The monoisotopic (exact) mass is 337 g/mol. The van der Waals surface area contributed by atoms with Gasteiger partial charge in [-0.25, -0.2) is 0 Å². The Kier molecular flexibility index (Phi) is 7.52. The number of guanidine groups is 1. The van der Waals surface area contributed by atoms with E-state index in [1.54, 1.807) is 7.05 Å². The normalized spacial score (nSPS) is 18.2. The molecule has 0 amide bonds. The molecule has 0 radical (unpaired) electrons. The number of aromatic nitrogens is 2. The highest BCUT2D eigenvalue weighted by Crippen LogP contribution is 2.12. The van der Waals surface area contributed by atoms with Gasteiger partial charge in [-0.2, -0.15) is 5.10 Å². The second-order valence-corrected chi connectivity index (χ2v) is 6.28. The lowest BCUT2D eigenvalue weighted by Gasteiger charge is -2.13. The van der Waals surface area contributed by atoms with Crippen LogP contribution in [0.25, 0.3) is 0 Å². The third-order valence-corrected chi connectivity index (χ3v) is 4.45. The maximum atomic E-state index is 5.71. The molecule has 2 rings (SSSR count). The molecule has 1 atom stereocenters. The Labute approximate surface area is 144 Å². The van der Waals surface area contributed by atoms with E-state index in [1.165, 1.54) is 11.3 Å². The van der Waals surface area contributed by atoms with Crippen molar-refractivity contribution in [3.05, 3.63) is 17.0 Å². The van der Waals surface area contributed by atoms with Gasteiger partial charge in [0.1, 0.15) is 0 Å². The van der Waals surface area contributed by atoms with Crippen LogP contribution in [-0.2, 0) is 23.1 Å². The largest absolute Gasteiger partial charge is 0.381 e. The van der Waals surface area contributed by atoms with E-state index < -0.39 is 0 Å². The van der Waals surface area contributed by atoms with Crippen LogP contribution in [0.5, 0.6) is 0 Å². The highest BCUT2D eigenvalue weighted by Gasteiger charge is 2.15. The van der Waals surface area contributed by atoms with Crippen LogP contribution in [0, 0.1) is 19.8 Å². The Bertz CT molecular complexity index is 535. The van der Waals surface area contributed by atoms with Gasteiger partial charge in [-0.3, -0.25) is 9.67 Å². The van der Waals surface area contributed by atoms with Crippen LogP contribution in [0.3, 0.4) is 0 Å². The van der Waals surface area contributed by atoms with Crippen molar-refractivity contribution in [3.8, 4) is 0 Å². The number of aryl methyl sites for hydroxylation is 2. The molecule has 7 heteroatoms. The van der Waals surface area contributed by atoms with Crippen molar-refractivity contribution in [2.75, 3.05) is 40.0 Å². The fourth-order valence-corrected chi connectivity index (χ4v) is 2.81. The minimum atomic E-state index is 0.582. The summed E-state index contributed by atoms with van der Waals surface area (Å²) in [6.45, 7) is 8.99. The van der Waals surface area contributed by atoms with Gasteiger partial charge in [-0.1, -0.05) is 0 Å². The highest BCUT2D eigenvalue weighted by molar-refractivity contribution is 5.79. The zero-order chi connectivity index (χ0) is 17.4. The predicted molar refractivity (Wildman–Crippen MR) is 95.2 cm³/mol. The van der Waals surface area contributed by atoms with Gasteiger partial charge >= 0.3 is 0 Å². The van der Waals surface area contributed by atoms with Gasteiger partial charge in [0.25, 0.3) is 0 Å². The summed E-state index contributed by atoms with van der Waals surface area (Å²) >= 11 is 0. The second kappa shape index (κ2) is 9.64. The zero-order valence-corrected chi connectivity index (χ0v) is 15.4. The number of hydrogen-bond acceptors (Lipinski definition) is 4. The molecule has 1 unspecified atom stereocenters. The van der Waals surface area contributed by atoms with E-state index in [0.29, 0.717) is 5.92 Å². The number of nitrogens with one attached hydrogen (secondary N) is 2. The van der Waals surface area contributed by atoms with Gasteiger partial charge in [0.05, 0.1) is 18.9 Å². The highest BCUT2D eigenvalue weighted by atomic mass is 16.5. The van der Waals surface area contributed by atoms with E-state index in [0.717, 1.165) is 64.0 Å². The summed E-state index contributed by atoms with van der Waals surface area (Å²) in [5.74, 6) is 1.39. The van der Waals surface area contributed by atoms with E-state index in [2.05, 4.69) is 27.6 Å². The summed E-state index contributed by atoms with van der Waals surface area (Å²) in [5.41, 5.74) is 3.46. The minimum Gasteiger partial charge on any atom is -0.381 e. The summed E-state index contributed by atoms with van der Waals surface area (Å²) < 4.78 is 13.0. The minimum absolute atomic E-state index is 0.582. The Morgan fingerprint density at radius 3 is 2.88 bits per heavy atom. The SMILES string of the molecule is CN=C(NCCCOCC1CCOC1)NCc1c(C)nn(C)c1C. The molecule has 0 aromatic carbocycles. The number of nitrogens with zero attached hydrogens (tertiary/aromatic N) is 3. The lowest BCUT2D eigenvalue weighted by Crippen LogP contribution is -2.37. The Balaban J connectivity index is 1.60. The Hall–Kier alpha value is -1.60. The van der Waals surface area contributed by atoms with Crippen molar-refractivity contribution >= 4 is 5.96 Å². The molecule has 7 nitrogen and oxygen atoms in total. The van der Waals surface area contributed by atoms with Crippen LogP contribution in [-0.4, -0.2) is 55.8 Å². The van der Waals surface area contributed by atoms with Crippen LogP contribution in [0.15, 0.2) is 4.99 Å². The standard InChI is InChI=1S/C17H31N5O2/c1-13-16(14(2)22(4)21-13)10-20-17(18-3)19-7-5-8-23-11-15-6-9-24-12-15/h15H,5-12H2,1-4H3,(H2,18,19,20). The van der Waals surface area contributed by atoms with Crippen LogP contribution in [0.2, 0.25) is 0 Å². The first-order valence-electron chi connectivity index (χ1n) is 8.71. The molecule has 0 spiro atoms.